The van der Waals surface area contributed by atoms with Crippen LogP contribution in [0.25, 0.3) is 0 Å². The van der Waals surface area contributed by atoms with E-state index in [-0.39, 0.29) is 17.0 Å². The molecular formula is C14H22N6O2S. The van der Waals surface area contributed by atoms with Crippen LogP contribution in [0.4, 0.5) is 0 Å². The molecule has 1 atom stereocenters. The Morgan fingerprint density at radius 1 is 1.35 bits per heavy atom. The highest BCUT2D eigenvalue weighted by atomic mass is 32.2. The Kier molecular flexibility index (Phi) is 4.49. The Balaban J connectivity index is 1.73. The van der Waals surface area contributed by atoms with Gasteiger partial charge in [0.25, 0.3) is 10.0 Å². The molecule has 2 aromatic rings. The maximum Gasteiger partial charge on any atom is 0.262 e. The molecule has 1 saturated heterocycles. The van der Waals surface area contributed by atoms with E-state index in [9.17, 15) is 8.42 Å². The SMILES string of the molecule is CC(C)n1cnc(S(=O)(=O)N2CCC[C@@H](Cn3cncn3)C2)c1. The fourth-order valence-electron chi connectivity index (χ4n) is 2.85. The van der Waals surface area contributed by atoms with Crippen LogP contribution in [0.15, 0.2) is 30.2 Å². The molecule has 3 rings (SSSR count). The minimum absolute atomic E-state index is 0.132. The van der Waals surface area contributed by atoms with E-state index in [1.807, 2.05) is 18.4 Å². The third-order valence-corrected chi connectivity index (χ3v) is 5.92. The van der Waals surface area contributed by atoms with E-state index >= 15 is 0 Å². The Hall–Kier alpha value is -1.74. The monoisotopic (exact) mass is 338 g/mol. The first-order valence-corrected chi connectivity index (χ1v) is 9.27. The molecule has 0 bridgehead atoms. The lowest BCUT2D eigenvalue weighted by Crippen LogP contribution is -2.41. The van der Waals surface area contributed by atoms with E-state index in [1.165, 1.54) is 6.33 Å². The van der Waals surface area contributed by atoms with Gasteiger partial charge in [0.05, 0.1) is 6.33 Å². The van der Waals surface area contributed by atoms with Crippen molar-refractivity contribution in [2.45, 2.75) is 44.3 Å². The van der Waals surface area contributed by atoms with Crippen LogP contribution >= 0.6 is 0 Å². The molecule has 0 N–H and O–H groups in total. The van der Waals surface area contributed by atoms with Crippen LogP contribution in [0, 0.1) is 5.92 Å². The molecule has 2 aromatic heterocycles. The standard InChI is InChI=1S/C14H22N6O2S/c1-12(2)18-8-14(16-11-18)23(21,22)20-5-3-4-13(7-20)6-19-10-15-9-17-19/h8-13H,3-7H2,1-2H3/t13-/m0/s1. The van der Waals surface area contributed by atoms with Crippen molar-refractivity contribution in [1.29, 1.82) is 0 Å². The maximum absolute atomic E-state index is 12.8. The minimum atomic E-state index is -3.53. The van der Waals surface area contributed by atoms with Gasteiger partial charge in [-0.05, 0) is 32.6 Å². The molecule has 8 nitrogen and oxygen atoms in total. The number of piperidine rings is 1. The van der Waals surface area contributed by atoms with Crippen molar-refractivity contribution in [3.63, 3.8) is 0 Å². The normalized spacial score (nSPS) is 20.2. The predicted molar refractivity (Wildman–Crippen MR) is 84.1 cm³/mol. The number of sulfonamides is 1. The molecule has 1 fully saturated rings. The van der Waals surface area contributed by atoms with Gasteiger partial charge in [0.15, 0.2) is 5.03 Å². The number of imidazole rings is 1. The molecule has 0 aliphatic carbocycles. The van der Waals surface area contributed by atoms with Gasteiger partial charge in [0.1, 0.15) is 12.7 Å². The predicted octanol–water partition coefficient (Wildman–Crippen LogP) is 1.16. The van der Waals surface area contributed by atoms with Crippen LogP contribution in [-0.2, 0) is 16.6 Å². The van der Waals surface area contributed by atoms with Crippen LogP contribution in [0.1, 0.15) is 32.7 Å². The van der Waals surface area contributed by atoms with E-state index in [0.29, 0.717) is 19.6 Å². The van der Waals surface area contributed by atoms with E-state index in [0.717, 1.165) is 12.8 Å². The van der Waals surface area contributed by atoms with Crippen LogP contribution in [0.2, 0.25) is 0 Å². The second-order valence-electron chi connectivity index (χ2n) is 6.24. The van der Waals surface area contributed by atoms with E-state index < -0.39 is 10.0 Å². The van der Waals surface area contributed by atoms with E-state index in [2.05, 4.69) is 15.1 Å². The highest BCUT2D eigenvalue weighted by molar-refractivity contribution is 7.89. The minimum Gasteiger partial charge on any atom is -0.334 e. The third kappa shape index (κ3) is 3.45. The summed E-state index contributed by atoms with van der Waals surface area (Å²) in [6, 6.07) is 0.188. The molecule has 0 aromatic carbocycles. The Labute approximate surface area is 136 Å². The van der Waals surface area contributed by atoms with Crippen molar-refractivity contribution in [1.82, 2.24) is 28.6 Å². The lowest BCUT2D eigenvalue weighted by Gasteiger charge is -2.31. The summed E-state index contributed by atoms with van der Waals surface area (Å²) in [5, 5.41) is 4.23. The van der Waals surface area contributed by atoms with Crippen LogP contribution in [0.3, 0.4) is 0 Å². The smallest absolute Gasteiger partial charge is 0.262 e. The van der Waals surface area contributed by atoms with Crippen LogP contribution < -0.4 is 0 Å². The van der Waals surface area contributed by atoms with Gasteiger partial charge < -0.3 is 4.57 Å². The van der Waals surface area contributed by atoms with Gasteiger partial charge in [-0.2, -0.15) is 9.40 Å². The van der Waals surface area contributed by atoms with E-state index in [4.69, 9.17) is 0 Å². The van der Waals surface area contributed by atoms with Crippen LogP contribution in [0.5, 0.6) is 0 Å². The number of aromatic nitrogens is 5. The number of hydrogen-bond acceptors (Lipinski definition) is 5. The van der Waals surface area contributed by atoms with Gasteiger partial charge in [0, 0.05) is 31.9 Å². The maximum atomic E-state index is 12.8. The summed E-state index contributed by atoms with van der Waals surface area (Å²) in [5.41, 5.74) is 0. The summed E-state index contributed by atoms with van der Waals surface area (Å²) >= 11 is 0. The van der Waals surface area contributed by atoms with Gasteiger partial charge in [-0.25, -0.2) is 18.4 Å². The molecule has 1 aliphatic heterocycles. The van der Waals surface area contributed by atoms with E-state index in [1.54, 1.807) is 27.8 Å². The number of hydrogen-bond donors (Lipinski definition) is 0. The molecule has 9 heteroatoms. The highest BCUT2D eigenvalue weighted by Crippen LogP contribution is 2.24. The quantitative estimate of drug-likeness (QED) is 0.816. The van der Waals surface area contributed by atoms with Crippen molar-refractivity contribution in [3.05, 3.63) is 25.2 Å². The molecule has 0 amide bonds. The summed E-state index contributed by atoms with van der Waals surface area (Å²) in [6.07, 6.45) is 8.19. The van der Waals surface area contributed by atoms with Crippen molar-refractivity contribution >= 4 is 10.0 Å². The summed E-state index contributed by atoms with van der Waals surface area (Å²) in [5.74, 6) is 0.243. The first kappa shape index (κ1) is 16.1. The Morgan fingerprint density at radius 3 is 2.83 bits per heavy atom. The van der Waals surface area contributed by atoms with Gasteiger partial charge in [-0.1, -0.05) is 0 Å². The molecule has 1 aliphatic rings. The zero-order chi connectivity index (χ0) is 16.4. The lowest BCUT2D eigenvalue weighted by atomic mass is 10.00. The Bertz CT molecular complexity index is 737. The van der Waals surface area contributed by atoms with Crippen molar-refractivity contribution in [3.8, 4) is 0 Å². The average Bonchev–Trinajstić information content (AvgIpc) is 3.19. The first-order chi connectivity index (χ1) is 11.0. The zero-order valence-corrected chi connectivity index (χ0v) is 14.2. The summed E-state index contributed by atoms with van der Waals surface area (Å²) in [7, 11) is -3.53. The summed E-state index contributed by atoms with van der Waals surface area (Å²) in [6.45, 7) is 5.72. The zero-order valence-electron chi connectivity index (χ0n) is 13.4. The molecular weight excluding hydrogens is 316 g/mol. The summed E-state index contributed by atoms with van der Waals surface area (Å²) in [4.78, 5) is 8.02. The fraction of sp³-hybridized carbons (Fsp3) is 0.643. The fourth-order valence-corrected chi connectivity index (χ4v) is 4.33. The van der Waals surface area contributed by atoms with Gasteiger partial charge >= 0.3 is 0 Å². The molecule has 0 unspecified atom stereocenters. The van der Waals surface area contributed by atoms with Crippen molar-refractivity contribution in [2.75, 3.05) is 13.1 Å². The third-order valence-electron chi connectivity index (χ3n) is 4.17. The van der Waals surface area contributed by atoms with Crippen molar-refractivity contribution in [2.24, 2.45) is 5.92 Å². The topological polar surface area (TPSA) is 85.9 Å². The second-order valence-corrected chi connectivity index (χ2v) is 8.13. The van der Waals surface area contributed by atoms with Crippen molar-refractivity contribution < 1.29 is 8.42 Å². The van der Waals surface area contributed by atoms with Gasteiger partial charge in [0.2, 0.25) is 0 Å². The Morgan fingerprint density at radius 2 is 2.17 bits per heavy atom. The second kappa shape index (κ2) is 6.40. The number of nitrogens with zero attached hydrogens (tertiary/aromatic N) is 6. The molecule has 126 valence electrons. The molecule has 0 spiro atoms. The lowest BCUT2D eigenvalue weighted by molar-refractivity contribution is 0.239. The number of rotatable bonds is 5. The molecule has 0 radical (unpaired) electrons. The van der Waals surface area contributed by atoms with Gasteiger partial charge in [-0.15, -0.1) is 0 Å². The van der Waals surface area contributed by atoms with Gasteiger partial charge in [-0.3, -0.25) is 4.68 Å². The largest absolute Gasteiger partial charge is 0.334 e. The molecule has 23 heavy (non-hydrogen) atoms. The molecule has 0 saturated carbocycles. The average molecular weight is 338 g/mol. The highest BCUT2D eigenvalue weighted by Gasteiger charge is 2.32. The van der Waals surface area contributed by atoms with Crippen LogP contribution in [-0.4, -0.2) is 50.1 Å². The summed E-state index contributed by atoms with van der Waals surface area (Å²) < 4.78 is 30.7. The molecule has 3 heterocycles. The first-order valence-electron chi connectivity index (χ1n) is 7.83.